The van der Waals surface area contributed by atoms with Gasteiger partial charge in [-0.25, -0.2) is 15.0 Å². The number of anilines is 1. The summed E-state index contributed by atoms with van der Waals surface area (Å²) in [4.78, 5) is 12.2. The summed E-state index contributed by atoms with van der Waals surface area (Å²) in [6.07, 6.45) is 3.02. The van der Waals surface area contributed by atoms with Gasteiger partial charge in [0.15, 0.2) is 5.69 Å². The lowest BCUT2D eigenvalue weighted by molar-refractivity contribution is 0.397. The maximum absolute atomic E-state index is 6.04. The van der Waals surface area contributed by atoms with Crippen molar-refractivity contribution in [2.24, 2.45) is 0 Å². The summed E-state index contributed by atoms with van der Waals surface area (Å²) in [6.45, 7) is 0. The largest absolute Gasteiger partial charge is 0.479 e. The summed E-state index contributed by atoms with van der Waals surface area (Å²) in [5, 5.41) is 0.629. The predicted molar refractivity (Wildman–Crippen MR) is 66.2 cm³/mol. The van der Waals surface area contributed by atoms with E-state index in [-0.39, 0.29) is 5.82 Å². The Labute approximate surface area is 108 Å². The van der Waals surface area contributed by atoms with Crippen molar-refractivity contribution < 1.29 is 4.74 Å². The molecule has 2 aromatic rings. The molecule has 88 valence electrons. The first-order chi connectivity index (χ1) is 8.13. The van der Waals surface area contributed by atoms with Crippen molar-refractivity contribution in [3.8, 4) is 17.3 Å². The SMILES string of the molecule is COc1nccnc1-c1nc(N)c(Cl)cc1Cl. The molecule has 7 heteroatoms. The summed E-state index contributed by atoms with van der Waals surface area (Å²) in [5.74, 6) is 0.502. The Morgan fingerprint density at radius 2 is 1.82 bits per heavy atom. The highest BCUT2D eigenvalue weighted by atomic mass is 35.5. The van der Waals surface area contributed by atoms with Gasteiger partial charge in [0.05, 0.1) is 17.2 Å². The summed E-state index contributed by atoms with van der Waals surface area (Å²) >= 11 is 11.8. The van der Waals surface area contributed by atoms with E-state index in [0.29, 0.717) is 27.3 Å². The first-order valence-corrected chi connectivity index (χ1v) is 5.36. The van der Waals surface area contributed by atoms with Crippen molar-refractivity contribution in [3.63, 3.8) is 0 Å². The van der Waals surface area contributed by atoms with Crippen LogP contribution in [0.4, 0.5) is 5.82 Å². The van der Waals surface area contributed by atoms with Crippen LogP contribution in [-0.2, 0) is 0 Å². The third-order valence-corrected chi connectivity index (χ3v) is 2.63. The van der Waals surface area contributed by atoms with Crippen LogP contribution >= 0.6 is 23.2 Å². The van der Waals surface area contributed by atoms with Gasteiger partial charge in [0, 0.05) is 12.4 Å². The fourth-order valence-electron chi connectivity index (χ4n) is 1.28. The lowest BCUT2D eigenvalue weighted by atomic mass is 10.2. The van der Waals surface area contributed by atoms with Gasteiger partial charge in [0.1, 0.15) is 11.5 Å². The zero-order valence-corrected chi connectivity index (χ0v) is 10.3. The van der Waals surface area contributed by atoms with Crippen molar-refractivity contribution in [1.82, 2.24) is 15.0 Å². The minimum atomic E-state index is 0.179. The maximum Gasteiger partial charge on any atom is 0.242 e. The predicted octanol–water partition coefficient (Wildman–Crippen LogP) is 2.44. The van der Waals surface area contributed by atoms with Gasteiger partial charge in [-0.1, -0.05) is 23.2 Å². The summed E-state index contributed by atoms with van der Waals surface area (Å²) in [5.41, 5.74) is 6.43. The van der Waals surface area contributed by atoms with E-state index in [1.54, 1.807) is 0 Å². The van der Waals surface area contributed by atoms with Gasteiger partial charge in [-0.15, -0.1) is 0 Å². The van der Waals surface area contributed by atoms with Crippen LogP contribution in [0.1, 0.15) is 0 Å². The van der Waals surface area contributed by atoms with E-state index < -0.39 is 0 Å². The molecule has 2 rings (SSSR count). The quantitative estimate of drug-likeness (QED) is 0.907. The maximum atomic E-state index is 6.04. The van der Waals surface area contributed by atoms with E-state index in [1.807, 2.05) is 0 Å². The molecule has 5 nitrogen and oxygen atoms in total. The monoisotopic (exact) mass is 270 g/mol. The zero-order chi connectivity index (χ0) is 12.4. The molecular weight excluding hydrogens is 263 g/mol. The van der Waals surface area contributed by atoms with Gasteiger partial charge in [-0.3, -0.25) is 0 Å². The standard InChI is InChI=1S/C10H8Cl2N4O/c1-17-10-8(14-2-3-15-10)7-5(11)4-6(12)9(13)16-7/h2-4H,1H3,(H2,13,16). The van der Waals surface area contributed by atoms with Crippen LogP contribution in [0.15, 0.2) is 18.5 Å². The van der Waals surface area contributed by atoms with E-state index in [0.717, 1.165) is 0 Å². The number of nitrogen functional groups attached to an aromatic ring is 1. The molecule has 0 saturated heterocycles. The average Bonchev–Trinajstić information content (AvgIpc) is 2.34. The Kier molecular flexibility index (Phi) is 3.31. The molecule has 0 aliphatic heterocycles. The number of nitrogens with zero attached hydrogens (tertiary/aromatic N) is 3. The van der Waals surface area contributed by atoms with Crippen LogP contribution in [0, 0.1) is 0 Å². The van der Waals surface area contributed by atoms with Gasteiger partial charge < -0.3 is 10.5 Å². The fraction of sp³-hybridized carbons (Fsp3) is 0.100. The Balaban J connectivity index is 2.64. The molecule has 0 amide bonds. The molecule has 0 radical (unpaired) electrons. The second-order valence-electron chi connectivity index (χ2n) is 3.10. The molecule has 0 atom stereocenters. The second-order valence-corrected chi connectivity index (χ2v) is 3.91. The van der Waals surface area contributed by atoms with Crippen molar-refractivity contribution in [3.05, 3.63) is 28.5 Å². The second kappa shape index (κ2) is 4.73. The van der Waals surface area contributed by atoms with E-state index in [2.05, 4.69) is 15.0 Å². The molecule has 0 aliphatic carbocycles. The highest BCUT2D eigenvalue weighted by Gasteiger charge is 2.15. The lowest BCUT2D eigenvalue weighted by Crippen LogP contribution is -1.99. The van der Waals surface area contributed by atoms with Gasteiger partial charge in [0.2, 0.25) is 5.88 Å². The number of halogens is 2. The van der Waals surface area contributed by atoms with Crippen molar-refractivity contribution in [2.75, 3.05) is 12.8 Å². The smallest absolute Gasteiger partial charge is 0.242 e. The molecule has 0 saturated carbocycles. The topological polar surface area (TPSA) is 73.9 Å². The highest BCUT2D eigenvalue weighted by molar-refractivity contribution is 6.37. The van der Waals surface area contributed by atoms with E-state index in [1.165, 1.54) is 25.6 Å². The Hall–Kier alpha value is -1.59. The fourth-order valence-corrected chi connectivity index (χ4v) is 1.73. The van der Waals surface area contributed by atoms with Crippen LogP contribution < -0.4 is 10.5 Å². The number of nitrogens with two attached hydrogens (primary N) is 1. The van der Waals surface area contributed by atoms with E-state index in [9.17, 15) is 0 Å². The number of aromatic nitrogens is 3. The lowest BCUT2D eigenvalue weighted by Gasteiger charge is -2.08. The number of pyridine rings is 1. The Bertz CT molecular complexity index is 562. The molecule has 17 heavy (non-hydrogen) atoms. The van der Waals surface area contributed by atoms with Crippen LogP contribution in [0.25, 0.3) is 11.4 Å². The number of ether oxygens (including phenoxy) is 1. The molecular formula is C10H8Cl2N4O. The Morgan fingerprint density at radius 3 is 2.53 bits per heavy atom. The minimum Gasteiger partial charge on any atom is -0.479 e. The van der Waals surface area contributed by atoms with Crippen LogP contribution in [0.5, 0.6) is 5.88 Å². The van der Waals surface area contributed by atoms with Gasteiger partial charge >= 0.3 is 0 Å². The molecule has 0 bridgehead atoms. The van der Waals surface area contributed by atoms with Crippen molar-refractivity contribution >= 4 is 29.0 Å². The number of methoxy groups -OCH3 is 1. The summed E-state index contributed by atoms with van der Waals surface area (Å²) in [7, 11) is 1.49. The molecule has 0 aromatic carbocycles. The highest BCUT2D eigenvalue weighted by Crippen LogP contribution is 2.33. The van der Waals surface area contributed by atoms with Crippen LogP contribution in [0.3, 0.4) is 0 Å². The number of hydrogen-bond donors (Lipinski definition) is 1. The minimum absolute atomic E-state index is 0.179. The van der Waals surface area contributed by atoms with Crippen molar-refractivity contribution in [1.29, 1.82) is 0 Å². The third-order valence-electron chi connectivity index (χ3n) is 2.04. The van der Waals surface area contributed by atoms with Crippen LogP contribution in [0.2, 0.25) is 10.0 Å². The van der Waals surface area contributed by atoms with E-state index in [4.69, 9.17) is 33.7 Å². The molecule has 0 aliphatic rings. The van der Waals surface area contributed by atoms with Gasteiger partial charge in [-0.05, 0) is 6.07 Å². The first kappa shape index (κ1) is 11.9. The number of hydrogen-bond acceptors (Lipinski definition) is 5. The summed E-state index contributed by atoms with van der Waals surface area (Å²) < 4.78 is 5.08. The van der Waals surface area contributed by atoms with Crippen LogP contribution in [-0.4, -0.2) is 22.1 Å². The molecule has 2 N–H and O–H groups in total. The normalized spacial score (nSPS) is 10.3. The van der Waals surface area contributed by atoms with Gasteiger partial charge in [-0.2, -0.15) is 0 Å². The van der Waals surface area contributed by atoms with E-state index >= 15 is 0 Å². The third kappa shape index (κ3) is 2.25. The number of rotatable bonds is 2. The Morgan fingerprint density at radius 1 is 1.12 bits per heavy atom. The molecule has 0 fully saturated rings. The molecule has 0 spiro atoms. The zero-order valence-electron chi connectivity index (χ0n) is 8.82. The molecule has 2 heterocycles. The van der Waals surface area contributed by atoms with Gasteiger partial charge in [0.25, 0.3) is 0 Å². The van der Waals surface area contributed by atoms with Crippen molar-refractivity contribution in [2.45, 2.75) is 0 Å². The first-order valence-electron chi connectivity index (χ1n) is 4.60. The molecule has 0 unspecified atom stereocenters. The molecule has 2 aromatic heterocycles. The average molecular weight is 271 g/mol. The summed E-state index contributed by atoms with van der Waals surface area (Å²) in [6, 6.07) is 1.51.